The van der Waals surface area contributed by atoms with Crippen LogP contribution in [0.4, 0.5) is 4.39 Å². The Labute approximate surface area is 118 Å². The van der Waals surface area contributed by atoms with Crippen molar-refractivity contribution < 1.29 is 9.13 Å². The van der Waals surface area contributed by atoms with Crippen molar-refractivity contribution in [1.29, 1.82) is 0 Å². The molecule has 1 aromatic heterocycles. The molecule has 0 radical (unpaired) electrons. The van der Waals surface area contributed by atoms with Gasteiger partial charge in [0.05, 0.1) is 11.4 Å². The number of halogens is 1. The Kier molecular flexibility index (Phi) is 4.39. The molecule has 0 amide bonds. The van der Waals surface area contributed by atoms with E-state index in [0.29, 0.717) is 12.4 Å². The lowest BCUT2D eigenvalue weighted by Gasteiger charge is -2.14. The number of aryl methyl sites for hydroxylation is 2. The monoisotopic (exact) mass is 277 g/mol. The number of rotatable bonds is 5. The first-order valence-electron chi connectivity index (χ1n) is 6.72. The summed E-state index contributed by atoms with van der Waals surface area (Å²) in [5.74, 6) is 0.158. The maximum atomic E-state index is 13.3. The molecule has 0 aliphatic heterocycles. The minimum Gasteiger partial charge on any atom is -0.487 e. The van der Waals surface area contributed by atoms with Crippen LogP contribution in [-0.2, 0) is 13.2 Å². The Morgan fingerprint density at radius 2 is 2.15 bits per heavy atom. The number of ether oxygens (including phenoxy) is 1. The molecule has 0 spiro atoms. The van der Waals surface area contributed by atoms with Crippen molar-refractivity contribution in [3.05, 3.63) is 47.0 Å². The van der Waals surface area contributed by atoms with Gasteiger partial charge in [-0.25, -0.2) is 4.39 Å². The summed E-state index contributed by atoms with van der Waals surface area (Å²) in [5.41, 5.74) is 8.58. The van der Waals surface area contributed by atoms with Crippen LogP contribution >= 0.6 is 0 Å². The van der Waals surface area contributed by atoms with Crippen LogP contribution in [0.15, 0.2) is 24.3 Å². The first-order chi connectivity index (χ1) is 9.51. The van der Waals surface area contributed by atoms with Crippen molar-refractivity contribution >= 4 is 0 Å². The molecule has 0 saturated carbocycles. The van der Waals surface area contributed by atoms with Gasteiger partial charge in [-0.15, -0.1) is 0 Å². The van der Waals surface area contributed by atoms with Crippen molar-refractivity contribution in [2.45, 2.75) is 40.0 Å². The number of nitrogens with zero attached hydrogens (tertiary/aromatic N) is 2. The van der Waals surface area contributed by atoms with Crippen LogP contribution in [0.1, 0.15) is 36.8 Å². The second-order valence-electron chi connectivity index (χ2n) is 4.85. The second kappa shape index (κ2) is 6.05. The van der Waals surface area contributed by atoms with E-state index in [-0.39, 0.29) is 11.9 Å². The molecule has 0 aliphatic carbocycles. The Balaban J connectivity index is 2.20. The van der Waals surface area contributed by atoms with E-state index in [0.717, 1.165) is 23.5 Å². The zero-order valence-corrected chi connectivity index (χ0v) is 12.1. The van der Waals surface area contributed by atoms with Crippen LogP contribution in [0.25, 0.3) is 0 Å². The van der Waals surface area contributed by atoms with Crippen LogP contribution in [-0.4, -0.2) is 9.78 Å². The van der Waals surface area contributed by atoms with Gasteiger partial charge in [0, 0.05) is 24.2 Å². The van der Waals surface area contributed by atoms with Crippen molar-refractivity contribution in [1.82, 2.24) is 9.78 Å². The van der Waals surface area contributed by atoms with Crippen molar-refractivity contribution in [2.24, 2.45) is 5.73 Å². The van der Waals surface area contributed by atoms with E-state index >= 15 is 0 Å². The molecule has 2 aromatic rings. The molecule has 5 heteroatoms. The zero-order chi connectivity index (χ0) is 14.7. The molecular formula is C15H20FN3O. The highest BCUT2D eigenvalue weighted by molar-refractivity contribution is 5.36. The molecule has 4 nitrogen and oxygen atoms in total. The van der Waals surface area contributed by atoms with Crippen LogP contribution in [0.5, 0.6) is 5.75 Å². The summed E-state index contributed by atoms with van der Waals surface area (Å²) in [6, 6.07) is 6.19. The fourth-order valence-electron chi connectivity index (χ4n) is 2.15. The van der Waals surface area contributed by atoms with E-state index < -0.39 is 0 Å². The molecular weight excluding hydrogens is 257 g/mol. The van der Waals surface area contributed by atoms with E-state index in [1.165, 1.54) is 12.1 Å². The van der Waals surface area contributed by atoms with Gasteiger partial charge in [0.25, 0.3) is 0 Å². The second-order valence-corrected chi connectivity index (χ2v) is 4.85. The van der Waals surface area contributed by atoms with Gasteiger partial charge < -0.3 is 10.5 Å². The maximum absolute atomic E-state index is 13.3. The third-order valence-corrected chi connectivity index (χ3v) is 3.13. The van der Waals surface area contributed by atoms with Gasteiger partial charge in [-0.2, -0.15) is 5.10 Å². The molecule has 0 aliphatic rings. The summed E-state index contributed by atoms with van der Waals surface area (Å²) >= 11 is 0. The zero-order valence-electron chi connectivity index (χ0n) is 12.1. The van der Waals surface area contributed by atoms with Gasteiger partial charge in [0.2, 0.25) is 0 Å². The Morgan fingerprint density at radius 1 is 1.40 bits per heavy atom. The number of nitrogens with two attached hydrogens (primary N) is 1. The lowest BCUT2D eigenvalue weighted by atomic mass is 10.1. The largest absolute Gasteiger partial charge is 0.487 e. The van der Waals surface area contributed by atoms with Crippen LogP contribution in [0.3, 0.4) is 0 Å². The highest BCUT2D eigenvalue weighted by Gasteiger charge is 2.11. The lowest BCUT2D eigenvalue weighted by Crippen LogP contribution is -2.10. The number of hydrogen-bond acceptors (Lipinski definition) is 3. The smallest absolute Gasteiger partial charge is 0.130 e. The van der Waals surface area contributed by atoms with Gasteiger partial charge in [0.15, 0.2) is 0 Å². The van der Waals surface area contributed by atoms with Gasteiger partial charge >= 0.3 is 0 Å². The third kappa shape index (κ3) is 3.17. The third-order valence-electron chi connectivity index (χ3n) is 3.13. The SMILES string of the molecule is CCn1nc(C)cc1COc1cc(F)ccc1C(C)N. The standard InChI is InChI=1S/C15H20FN3O/c1-4-19-13(7-10(2)18-19)9-20-15-8-12(16)5-6-14(15)11(3)17/h5-8,11H,4,9,17H2,1-3H3. The van der Waals surface area contributed by atoms with Crippen LogP contribution in [0, 0.1) is 12.7 Å². The molecule has 20 heavy (non-hydrogen) atoms. The highest BCUT2D eigenvalue weighted by atomic mass is 19.1. The molecule has 108 valence electrons. The summed E-state index contributed by atoms with van der Waals surface area (Å²) in [5, 5.41) is 4.35. The molecule has 2 rings (SSSR count). The average molecular weight is 277 g/mol. The fraction of sp³-hybridized carbons (Fsp3) is 0.400. The van der Waals surface area contributed by atoms with Crippen LogP contribution < -0.4 is 10.5 Å². The summed E-state index contributed by atoms with van der Waals surface area (Å²) in [4.78, 5) is 0. The lowest BCUT2D eigenvalue weighted by molar-refractivity contribution is 0.287. The van der Waals surface area contributed by atoms with Gasteiger partial charge in [0.1, 0.15) is 18.2 Å². The van der Waals surface area contributed by atoms with E-state index in [1.807, 2.05) is 31.5 Å². The Bertz CT molecular complexity index is 593. The molecule has 1 unspecified atom stereocenters. The Morgan fingerprint density at radius 3 is 2.80 bits per heavy atom. The summed E-state index contributed by atoms with van der Waals surface area (Å²) in [7, 11) is 0. The first-order valence-corrected chi connectivity index (χ1v) is 6.72. The number of benzene rings is 1. The van der Waals surface area contributed by atoms with Crippen molar-refractivity contribution in [2.75, 3.05) is 0 Å². The summed E-state index contributed by atoms with van der Waals surface area (Å²) in [6.45, 7) is 6.92. The summed E-state index contributed by atoms with van der Waals surface area (Å²) < 4.78 is 21.0. The predicted octanol–water partition coefficient (Wildman–Crippen LogP) is 2.95. The van der Waals surface area contributed by atoms with E-state index in [4.69, 9.17) is 10.5 Å². The van der Waals surface area contributed by atoms with Gasteiger partial charge in [-0.3, -0.25) is 4.68 Å². The van der Waals surface area contributed by atoms with E-state index in [2.05, 4.69) is 5.10 Å². The number of hydrogen-bond donors (Lipinski definition) is 1. The van der Waals surface area contributed by atoms with Crippen LogP contribution in [0.2, 0.25) is 0 Å². The molecule has 1 heterocycles. The minimum atomic E-state index is -0.329. The maximum Gasteiger partial charge on any atom is 0.130 e. The van der Waals surface area contributed by atoms with Gasteiger partial charge in [-0.05, 0) is 32.9 Å². The molecule has 0 saturated heterocycles. The normalized spacial score (nSPS) is 12.4. The molecule has 1 aromatic carbocycles. The Hall–Kier alpha value is -1.88. The molecule has 1 atom stereocenters. The quantitative estimate of drug-likeness (QED) is 0.914. The van der Waals surface area contributed by atoms with E-state index in [9.17, 15) is 4.39 Å². The van der Waals surface area contributed by atoms with Crippen molar-refractivity contribution in [3.8, 4) is 5.75 Å². The highest BCUT2D eigenvalue weighted by Crippen LogP contribution is 2.25. The fourth-order valence-corrected chi connectivity index (χ4v) is 2.15. The summed E-state index contributed by atoms with van der Waals surface area (Å²) in [6.07, 6.45) is 0. The first kappa shape index (κ1) is 14.5. The van der Waals surface area contributed by atoms with E-state index in [1.54, 1.807) is 6.07 Å². The predicted molar refractivity (Wildman–Crippen MR) is 76.0 cm³/mol. The molecule has 2 N–H and O–H groups in total. The molecule has 0 fully saturated rings. The topological polar surface area (TPSA) is 53.1 Å². The van der Waals surface area contributed by atoms with Crippen molar-refractivity contribution in [3.63, 3.8) is 0 Å². The average Bonchev–Trinajstić information content (AvgIpc) is 2.76. The number of aromatic nitrogens is 2. The minimum absolute atomic E-state index is 0.205. The van der Waals surface area contributed by atoms with Gasteiger partial charge in [-0.1, -0.05) is 6.07 Å². The molecule has 0 bridgehead atoms.